The van der Waals surface area contributed by atoms with Crippen LogP contribution in [0.2, 0.25) is 0 Å². The van der Waals surface area contributed by atoms with E-state index in [0.717, 1.165) is 16.6 Å². The molecule has 2 aliphatic heterocycles. The third-order valence-corrected chi connectivity index (χ3v) is 10.1. The van der Waals surface area contributed by atoms with Crippen LogP contribution in [0.5, 0.6) is 0 Å². The molecule has 0 spiro atoms. The van der Waals surface area contributed by atoms with E-state index in [9.17, 15) is 30.3 Å². The van der Waals surface area contributed by atoms with E-state index < -0.39 is 14.8 Å². The van der Waals surface area contributed by atoms with Crippen molar-refractivity contribution in [2.45, 2.75) is 0 Å². The van der Waals surface area contributed by atoms with Crippen LogP contribution < -0.4 is 4.57 Å². The quantitative estimate of drug-likeness (QED) is 0.0910. The molecule has 9 rings (SSSR count). The zero-order valence-corrected chi connectivity index (χ0v) is 30.5. The predicted molar refractivity (Wildman–Crippen MR) is 222 cm³/mol. The smallest absolute Gasteiger partial charge is 0.269 e. The number of benzene rings is 3. The number of pyridine rings is 1. The molecule has 4 aromatic heterocycles. The molecule has 0 unspecified atom stereocenters. The average Bonchev–Trinajstić information content (AvgIpc) is 4.07. The van der Waals surface area contributed by atoms with Gasteiger partial charge < -0.3 is 9.97 Å². The predicted octanol–water partition coefficient (Wildman–Crippen LogP) is 9.87. The molecular weight excluding hydrogens is 737 g/mol. The highest BCUT2D eigenvalue weighted by Crippen LogP contribution is 2.39. The Morgan fingerprint density at radius 2 is 0.672 bits per heavy atom. The summed E-state index contributed by atoms with van der Waals surface area (Å²) in [6.07, 6.45) is 11.5. The summed E-state index contributed by atoms with van der Waals surface area (Å²) < 4.78 is 1.94. The van der Waals surface area contributed by atoms with E-state index in [1.807, 2.05) is 84.7 Å². The Balaban J connectivity index is 1.44. The summed E-state index contributed by atoms with van der Waals surface area (Å²) in [7, 11) is 1.94. The zero-order chi connectivity index (χ0) is 40.1. The van der Waals surface area contributed by atoms with Crippen molar-refractivity contribution in [1.29, 1.82) is 0 Å². The summed E-state index contributed by atoms with van der Waals surface area (Å²) in [5.74, 6) is 0. The first-order valence-corrected chi connectivity index (χ1v) is 18.0. The minimum Gasteiger partial charge on any atom is -0.354 e. The van der Waals surface area contributed by atoms with Gasteiger partial charge in [-0.25, -0.2) is 14.5 Å². The van der Waals surface area contributed by atoms with E-state index in [-0.39, 0.29) is 17.1 Å². The van der Waals surface area contributed by atoms with Crippen molar-refractivity contribution in [3.63, 3.8) is 0 Å². The molecule has 2 N–H and O–H groups in total. The number of non-ortho nitro benzene ring substituents is 3. The van der Waals surface area contributed by atoms with Crippen molar-refractivity contribution < 1.29 is 19.3 Å². The van der Waals surface area contributed by atoms with E-state index in [2.05, 4.69) is 9.97 Å². The molecule has 8 bridgehead atoms. The fraction of sp³-hybridized carbons (Fsp3) is 0.0227. The molecule has 14 nitrogen and oxygen atoms in total. The Morgan fingerprint density at radius 3 is 0.931 bits per heavy atom. The third-order valence-electron chi connectivity index (χ3n) is 10.1. The minimum atomic E-state index is -0.456. The van der Waals surface area contributed by atoms with Gasteiger partial charge in [0, 0.05) is 92.9 Å². The normalized spacial score (nSPS) is 11.8. The van der Waals surface area contributed by atoms with Gasteiger partial charge in [0.05, 0.1) is 37.5 Å². The van der Waals surface area contributed by atoms with Gasteiger partial charge in [0.15, 0.2) is 12.4 Å². The molecule has 14 heteroatoms. The lowest BCUT2D eigenvalue weighted by Crippen LogP contribution is -2.25. The number of nitro groups is 3. The van der Waals surface area contributed by atoms with Gasteiger partial charge in [-0.2, -0.15) is 0 Å². The first kappa shape index (κ1) is 35.3. The van der Waals surface area contributed by atoms with Crippen LogP contribution in [-0.2, 0) is 7.05 Å². The van der Waals surface area contributed by atoms with Crippen molar-refractivity contribution >= 4 is 63.4 Å². The zero-order valence-electron chi connectivity index (χ0n) is 30.5. The van der Waals surface area contributed by atoms with Gasteiger partial charge in [0.1, 0.15) is 7.05 Å². The highest BCUT2D eigenvalue weighted by molar-refractivity contribution is 5.99. The molecule has 0 radical (unpaired) electrons. The van der Waals surface area contributed by atoms with Crippen LogP contribution in [0.1, 0.15) is 22.8 Å². The monoisotopic (exact) mass is 765 g/mol. The van der Waals surface area contributed by atoms with E-state index in [0.29, 0.717) is 72.7 Å². The van der Waals surface area contributed by atoms with Crippen LogP contribution in [0.4, 0.5) is 17.1 Å². The molecule has 6 heterocycles. The van der Waals surface area contributed by atoms with E-state index >= 15 is 0 Å². The molecule has 280 valence electrons. The number of nitro benzene ring substituents is 3. The number of aromatic amines is 2. The van der Waals surface area contributed by atoms with Gasteiger partial charge in [0.2, 0.25) is 0 Å². The molecule has 0 saturated carbocycles. The average molecular weight is 766 g/mol. The molecule has 0 saturated heterocycles. The number of fused-ring (bicyclic) bond motifs is 8. The van der Waals surface area contributed by atoms with Gasteiger partial charge in [-0.1, -0.05) is 0 Å². The maximum absolute atomic E-state index is 11.6. The fourth-order valence-electron chi connectivity index (χ4n) is 7.34. The topological polar surface area (TPSA) is 191 Å². The number of H-pyrrole nitrogens is 2. The molecule has 7 aromatic rings. The number of hydrogen-bond acceptors (Lipinski definition) is 8. The molecule has 0 fully saturated rings. The third kappa shape index (κ3) is 6.35. The van der Waals surface area contributed by atoms with Crippen LogP contribution in [0.3, 0.4) is 0 Å². The van der Waals surface area contributed by atoms with Crippen molar-refractivity contribution in [1.82, 2.24) is 19.9 Å². The van der Waals surface area contributed by atoms with E-state index in [1.54, 1.807) is 36.4 Å². The van der Waals surface area contributed by atoms with Gasteiger partial charge in [0.25, 0.3) is 17.1 Å². The number of aromatic nitrogens is 5. The largest absolute Gasteiger partial charge is 0.354 e. The highest BCUT2D eigenvalue weighted by Gasteiger charge is 2.20. The lowest BCUT2D eigenvalue weighted by atomic mass is 10.0. The Morgan fingerprint density at radius 1 is 0.414 bits per heavy atom. The lowest BCUT2D eigenvalue weighted by Gasteiger charge is -2.07. The molecule has 0 aliphatic carbocycles. The molecule has 0 atom stereocenters. The van der Waals surface area contributed by atoms with Gasteiger partial charge in [-0.05, 0) is 107 Å². The van der Waals surface area contributed by atoms with Crippen molar-refractivity contribution in [3.8, 4) is 44.5 Å². The summed E-state index contributed by atoms with van der Waals surface area (Å²) in [5.41, 5.74) is 10.8. The molecule has 3 aromatic carbocycles. The first-order chi connectivity index (χ1) is 28.1. The molecule has 2 aliphatic rings. The Hall–Kier alpha value is -8.39. The second-order valence-corrected chi connectivity index (χ2v) is 13.7. The van der Waals surface area contributed by atoms with Crippen molar-refractivity contribution in [2.24, 2.45) is 7.05 Å². The van der Waals surface area contributed by atoms with Crippen molar-refractivity contribution in [2.75, 3.05) is 0 Å². The molecular formula is C44H29N8O6+. The van der Waals surface area contributed by atoms with Gasteiger partial charge in [-0.3, -0.25) is 30.3 Å². The second-order valence-electron chi connectivity index (χ2n) is 13.7. The van der Waals surface area contributed by atoms with E-state index in [4.69, 9.17) is 9.97 Å². The molecule has 58 heavy (non-hydrogen) atoms. The lowest BCUT2D eigenvalue weighted by molar-refractivity contribution is -0.671. The van der Waals surface area contributed by atoms with Crippen LogP contribution in [0, 0.1) is 30.3 Å². The minimum absolute atomic E-state index is 0.0481. The Kier molecular flexibility index (Phi) is 8.55. The van der Waals surface area contributed by atoms with Crippen LogP contribution in [0.15, 0.2) is 122 Å². The molecule has 0 amide bonds. The number of rotatable bonds is 7. The highest BCUT2D eigenvalue weighted by atomic mass is 16.6. The van der Waals surface area contributed by atoms with Gasteiger partial charge >= 0.3 is 0 Å². The van der Waals surface area contributed by atoms with Gasteiger partial charge in [-0.15, -0.1) is 0 Å². The summed E-state index contributed by atoms with van der Waals surface area (Å²) in [6, 6.07) is 30.5. The standard InChI is InChI=1S/C44H28N8O6/c1-49-24-22-29(23-25-49)44-39-20-18-37(47-39)42(27-4-10-31(11-5-27)51(55)56)35-16-14-33(45-35)41(26-2-8-30(9-3-26)50(53)54)34-15-17-36(46-34)43(38-19-21-40(44)48-38)28-6-12-32(13-7-28)52(57)58/h2-25H,1H3,(H,45,46,47,48)/p+1. The second kappa shape index (κ2) is 14.0. The fourth-order valence-corrected chi connectivity index (χ4v) is 7.34. The van der Waals surface area contributed by atoms with Crippen LogP contribution in [0.25, 0.3) is 90.9 Å². The summed E-state index contributed by atoms with van der Waals surface area (Å²) in [6.45, 7) is 0. The summed E-state index contributed by atoms with van der Waals surface area (Å²) in [5, 5.41) is 34.9. The Bertz CT molecular complexity index is 3020. The number of aryl methyl sites for hydroxylation is 1. The van der Waals surface area contributed by atoms with E-state index in [1.165, 1.54) is 36.4 Å². The maximum Gasteiger partial charge on any atom is 0.269 e. The summed E-state index contributed by atoms with van der Waals surface area (Å²) >= 11 is 0. The number of nitrogens with zero attached hydrogens (tertiary/aromatic N) is 6. The SMILES string of the molecule is C[n+]1ccc(-c2c3nc(c(-c4ccc([N+](=O)[O-])cc4)c4ccc([nH]4)c(-c4ccc([N+](=O)[O-])cc4)c4nc(c(-c5ccc([N+](=O)[O-])cc5)c5ccc2[nH]5)C=C4)C=C3)cc1. The number of nitrogens with one attached hydrogen (secondary N) is 2. The maximum atomic E-state index is 11.6. The van der Waals surface area contributed by atoms with Crippen LogP contribution >= 0.6 is 0 Å². The van der Waals surface area contributed by atoms with Crippen molar-refractivity contribution in [3.05, 3.63) is 175 Å². The summed E-state index contributed by atoms with van der Waals surface area (Å²) in [4.78, 5) is 51.1. The first-order valence-electron chi connectivity index (χ1n) is 18.0. The Labute approximate surface area is 328 Å². The van der Waals surface area contributed by atoms with Crippen LogP contribution in [-0.4, -0.2) is 34.7 Å². The number of hydrogen-bond donors (Lipinski definition) is 2.